The third-order valence-electron chi connectivity index (χ3n) is 5.25. The van der Waals surface area contributed by atoms with E-state index in [-0.39, 0.29) is 25.8 Å². The number of aromatic amines is 1. The Morgan fingerprint density at radius 3 is 2.50 bits per heavy atom. The Labute approximate surface area is 221 Å². The average molecular weight is 713 g/mol. The molecule has 1 amide bonds. The molecular weight excluding hydrogens is 684 g/mol. The van der Waals surface area contributed by atoms with Gasteiger partial charge in [0.05, 0.1) is 0 Å². The van der Waals surface area contributed by atoms with E-state index >= 15 is 0 Å². The number of rotatable bonds is 8. The van der Waals surface area contributed by atoms with Gasteiger partial charge in [0.2, 0.25) is 0 Å². The first-order chi connectivity index (χ1) is 17.2. The second-order valence-corrected chi connectivity index (χ2v) is 22.0. The Balaban J connectivity index is 1.51. The van der Waals surface area contributed by atoms with Crippen molar-refractivity contribution in [2.75, 3.05) is 21.3 Å². The van der Waals surface area contributed by atoms with Crippen molar-refractivity contribution in [2.24, 2.45) is 5.92 Å². The van der Waals surface area contributed by atoms with Gasteiger partial charge < -0.3 is 0 Å². The summed E-state index contributed by atoms with van der Waals surface area (Å²) in [5.74, 6) is -0.0146. The van der Waals surface area contributed by atoms with E-state index in [9.17, 15) is 14.4 Å². The van der Waals surface area contributed by atoms with E-state index in [1.165, 1.54) is 9.90 Å². The predicted octanol–water partition coefficient (Wildman–Crippen LogP) is 5.55. The molecule has 2 aromatic carbocycles. The van der Waals surface area contributed by atoms with Gasteiger partial charge >= 0.3 is 223 Å². The van der Waals surface area contributed by atoms with Crippen molar-refractivity contribution in [3.63, 3.8) is 0 Å². The summed E-state index contributed by atoms with van der Waals surface area (Å²) in [5.41, 5.74) is 2.86. The van der Waals surface area contributed by atoms with E-state index in [1.807, 2.05) is 44.2 Å². The number of carbonyl (C=O) groups is 2. The van der Waals surface area contributed by atoms with Gasteiger partial charge in [-0.3, -0.25) is 0 Å². The second kappa shape index (κ2) is 11.2. The zero-order valence-electron chi connectivity index (χ0n) is 20.4. The number of ether oxygens (including phenoxy) is 1. The fourth-order valence-electron chi connectivity index (χ4n) is 3.52. The van der Waals surface area contributed by atoms with Crippen LogP contribution in [0, 0.1) is 13.2 Å². The van der Waals surface area contributed by atoms with Gasteiger partial charge in [0.1, 0.15) is 0 Å². The molecule has 0 spiro atoms. The zero-order chi connectivity index (χ0) is 25.9. The zero-order valence-corrected chi connectivity index (χ0v) is 24.7. The van der Waals surface area contributed by atoms with Crippen LogP contribution in [0.5, 0.6) is 0 Å². The first-order valence-corrected chi connectivity index (χ1v) is 21.0. The molecule has 0 fully saturated rings. The SMILES string of the molecule is C=I(C)(CC(=O)Nc1ccc(C2=CI(c3ccccc3)c3nc[nH]c(=O)c32)cc1)C(=O)OCC(C)C. The summed E-state index contributed by atoms with van der Waals surface area (Å²) in [6, 6.07) is 17.6. The Bertz CT molecular complexity index is 1410. The van der Waals surface area contributed by atoms with Crippen molar-refractivity contribution in [3.05, 3.63) is 93.8 Å². The van der Waals surface area contributed by atoms with E-state index in [2.05, 4.69) is 36.0 Å². The van der Waals surface area contributed by atoms with E-state index in [0.717, 1.165) is 14.8 Å². The van der Waals surface area contributed by atoms with E-state index in [1.54, 1.807) is 17.1 Å². The summed E-state index contributed by atoms with van der Waals surface area (Å²) in [5, 5.41) is 2.87. The minimum absolute atomic E-state index is 0.0791. The third-order valence-corrected chi connectivity index (χ3v) is 15.3. The van der Waals surface area contributed by atoms with E-state index < -0.39 is 37.8 Å². The molecule has 1 unspecified atom stereocenters. The summed E-state index contributed by atoms with van der Waals surface area (Å²) in [7, 11) is 0. The monoisotopic (exact) mass is 713 g/mol. The Kier molecular flexibility index (Phi) is 8.18. The van der Waals surface area contributed by atoms with Crippen LogP contribution in [-0.4, -0.2) is 40.3 Å². The second-order valence-electron chi connectivity index (χ2n) is 8.91. The van der Waals surface area contributed by atoms with Crippen LogP contribution in [0.4, 0.5) is 10.5 Å². The maximum atomic E-state index is 12.7. The number of fused-ring (bicyclic) bond motifs is 1. The molecule has 4 rings (SSSR count). The Hall–Kier alpha value is -2.67. The Morgan fingerprint density at radius 1 is 1.14 bits per heavy atom. The summed E-state index contributed by atoms with van der Waals surface area (Å²) >= 11 is -5.25. The van der Waals surface area contributed by atoms with Crippen LogP contribution in [-0.2, 0) is 9.53 Å². The molecule has 2 heterocycles. The molecule has 0 saturated heterocycles. The third kappa shape index (κ3) is 6.00. The molecule has 1 aromatic heterocycles. The molecule has 1 aliphatic rings. The molecule has 1 aliphatic heterocycles. The first kappa shape index (κ1) is 26.4. The average Bonchev–Trinajstić information content (AvgIpc) is 3.24. The molecule has 2 N–H and O–H groups in total. The number of halogens is 2. The topological polar surface area (TPSA) is 101 Å². The first-order valence-electron chi connectivity index (χ1n) is 11.3. The van der Waals surface area contributed by atoms with Crippen molar-refractivity contribution in [1.82, 2.24) is 9.97 Å². The molecule has 36 heavy (non-hydrogen) atoms. The van der Waals surface area contributed by atoms with Crippen molar-refractivity contribution >= 4 is 63.4 Å². The van der Waals surface area contributed by atoms with Crippen LogP contribution in [0.25, 0.3) is 5.57 Å². The number of nitrogens with zero attached hydrogens (tertiary/aromatic N) is 1. The number of alkyl halides is 2. The van der Waals surface area contributed by atoms with Crippen LogP contribution in [0.3, 0.4) is 0 Å². The van der Waals surface area contributed by atoms with Crippen molar-refractivity contribution < 1.29 is 14.3 Å². The molecule has 0 radical (unpaired) electrons. The number of amides is 1. The van der Waals surface area contributed by atoms with E-state index in [4.69, 9.17) is 4.74 Å². The van der Waals surface area contributed by atoms with Crippen LogP contribution in [0.2, 0.25) is 0 Å². The van der Waals surface area contributed by atoms with Gasteiger partial charge in [0.25, 0.3) is 0 Å². The molecular formula is C27H29I2N3O4. The molecule has 3 aromatic rings. The summed E-state index contributed by atoms with van der Waals surface area (Å²) < 4.78 is 13.5. The summed E-state index contributed by atoms with van der Waals surface area (Å²) in [6.07, 6.45) is 1.48. The summed E-state index contributed by atoms with van der Waals surface area (Å²) in [6.45, 7) is 4.27. The number of hydrogen-bond acceptors (Lipinski definition) is 5. The minimum atomic E-state index is -3.26. The van der Waals surface area contributed by atoms with Gasteiger partial charge in [-0.15, -0.1) is 0 Å². The van der Waals surface area contributed by atoms with Crippen molar-refractivity contribution in [1.29, 1.82) is 0 Å². The molecule has 1 atom stereocenters. The predicted molar refractivity (Wildman–Crippen MR) is 163 cm³/mol. The molecule has 0 bridgehead atoms. The van der Waals surface area contributed by atoms with Crippen molar-refractivity contribution in [2.45, 2.75) is 13.8 Å². The van der Waals surface area contributed by atoms with Gasteiger partial charge in [0, 0.05) is 0 Å². The normalized spacial score (nSPS) is 16.0. The van der Waals surface area contributed by atoms with Gasteiger partial charge in [-0.25, -0.2) is 0 Å². The maximum absolute atomic E-state index is 12.7. The summed E-state index contributed by atoms with van der Waals surface area (Å²) in [4.78, 5) is 46.8. The Morgan fingerprint density at radius 2 is 1.83 bits per heavy atom. The number of H-pyrrole nitrogens is 1. The van der Waals surface area contributed by atoms with Crippen LogP contribution in [0.15, 0.2) is 69.8 Å². The number of hydrogen-bond donors (Lipinski definition) is 2. The molecule has 0 saturated carbocycles. The van der Waals surface area contributed by atoms with Gasteiger partial charge in [-0.1, -0.05) is 0 Å². The molecule has 9 heteroatoms. The van der Waals surface area contributed by atoms with E-state index in [0.29, 0.717) is 17.9 Å². The molecule has 190 valence electrons. The molecule has 7 nitrogen and oxygen atoms in total. The quantitative estimate of drug-likeness (QED) is 0.138. The standard InChI is InChI=1S/C27H29I2N3O4/c1-18(2)16-36-27(35)29(3,4)15-23(33)32-21-12-10-19(11-13-21)22-14-28(20-8-6-5-7-9-20)25-24(22)26(34)31-17-30-25/h5-14,17-18H,3,15-16H2,1-2,4H3,(H,32,33)(H,30,31,34). The van der Waals surface area contributed by atoms with Crippen LogP contribution in [0.1, 0.15) is 25.0 Å². The van der Waals surface area contributed by atoms with Crippen molar-refractivity contribution in [3.8, 4) is 0 Å². The van der Waals surface area contributed by atoms with Gasteiger partial charge in [-0.2, -0.15) is 0 Å². The number of anilines is 1. The van der Waals surface area contributed by atoms with Gasteiger partial charge in [-0.05, 0) is 0 Å². The van der Waals surface area contributed by atoms with Crippen LogP contribution < -0.4 is 10.9 Å². The fraction of sp³-hybridized carbons (Fsp3) is 0.222. The fourth-order valence-corrected chi connectivity index (χ4v) is 11.8. The number of aromatic nitrogens is 2. The number of benzene rings is 2. The van der Waals surface area contributed by atoms with Crippen LogP contribution >= 0.6 is 37.8 Å². The van der Waals surface area contributed by atoms with Gasteiger partial charge in [0.15, 0.2) is 0 Å². The number of nitrogens with one attached hydrogen (secondary N) is 2. The number of carbonyl (C=O) groups excluding carboxylic acids is 2. The molecule has 0 aliphatic carbocycles.